The van der Waals surface area contributed by atoms with Crippen molar-refractivity contribution < 1.29 is 14.3 Å². The van der Waals surface area contributed by atoms with E-state index < -0.39 is 6.04 Å². The first-order valence-corrected chi connectivity index (χ1v) is 10.7. The molecule has 0 radical (unpaired) electrons. The summed E-state index contributed by atoms with van der Waals surface area (Å²) in [7, 11) is 0. The molecule has 0 spiro atoms. The van der Waals surface area contributed by atoms with Crippen LogP contribution in [0.5, 0.6) is 0 Å². The Hall–Kier alpha value is -3.15. The van der Waals surface area contributed by atoms with E-state index in [1.165, 1.54) is 0 Å². The fourth-order valence-corrected chi connectivity index (χ4v) is 4.21. The molecule has 6 nitrogen and oxygen atoms in total. The standard InChI is InChI=1S/C24H25N3O3/c28-23(18-9-12-20-22(14-18)27(16-25-20)19-10-11-19)26-13-5-4-8-21(26)24(29)30-15-17-6-2-1-3-7-17/h1-3,6-7,9,12,14,16,19,21H,4-5,8,10-11,13,15H2. The smallest absolute Gasteiger partial charge is 0.329 e. The van der Waals surface area contributed by atoms with E-state index in [1.54, 1.807) is 4.90 Å². The number of hydrogen-bond acceptors (Lipinski definition) is 4. The Morgan fingerprint density at radius 3 is 2.67 bits per heavy atom. The Bertz CT molecular complexity index is 1070. The van der Waals surface area contributed by atoms with E-state index >= 15 is 0 Å². The molecule has 1 aliphatic heterocycles. The van der Waals surface area contributed by atoms with Crippen molar-refractivity contribution >= 4 is 22.9 Å². The Kier molecular flexibility index (Phi) is 4.99. The number of hydrogen-bond donors (Lipinski definition) is 0. The van der Waals surface area contributed by atoms with Crippen LogP contribution in [-0.2, 0) is 16.1 Å². The number of carbonyl (C=O) groups is 2. The van der Waals surface area contributed by atoms with Crippen LogP contribution >= 0.6 is 0 Å². The number of amides is 1. The highest BCUT2D eigenvalue weighted by molar-refractivity contribution is 5.99. The molecule has 1 aromatic heterocycles. The van der Waals surface area contributed by atoms with E-state index in [-0.39, 0.29) is 18.5 Å². The minimum atomic E-state index is -0.529. The molecule has 154 valence electrons. The van der Waals surface area contributed by atoms with Gasteiger partial charge in [0.25, 0.3) is 5.91 Å². The molecule has 0 N–H and O–H groups in total. The number of esters is 1. The molecule has 2 heterocycles. The fraction of sp³-hybridized carbons (Fsp3) is 0.375. The molecule has 2 fully saturated rings. The van der Waals surface area contributed by atoms with Crippen molar-refractivity contribution in [2.75, 3.05) is 6.54 Å². The Labute approximate surface area is 175 Å². The molecule has 1 atom stereocenters. The average Bonchev–Trinajstić information content (AvgIpc) is 3.56. The van der Waals surface area contributed by atoms with Gasteiger partial charge in [0.05, 0.1) is 17.4 Å². The molecule has 30 heavy (non-hydrogen) atoms. The van der Waals surface area contributed by atoms with E-state index in [1.807, 2.05) is 54.9 Å². The third-order valence-electron chi connectivity index (χ3n) is 6.02. The predicted molar refractivity (Wildman–Crippen MR) is 113 cm³/mol. The summed E-state index contributed by atoms with van der Waals surface area (Å²) in [6, 6.07) is 15.2. The van der Waals surface area contributed by atoms with Crippen LogP contribution in [0.25, 0.3) is 11.0 Å². The molecule has 5 rings (SSSR count). The number of benzene rings is 2. The van der Waals surface area contributed by atoms with Gasteiger partial charge in [0, 0.05) is 18.2 Å². The second-order valence-electron chi connectivity index (χ2n) is 8.19. The maximum atomic E-state index is 13.3. The second kappa shape index (κ2) is 7.94. The van der Waals surface area contributed by atoms with E-state index in [9.17, 15) is 9.59 Å². The average molecular weight is 403 g/mol. The summed E-state index contributed by atoms with van der Waals surface area (Å²) in [5.41, 5.74) is 3.44. The summed E-state index contributed by atoms with van der Waals surface area (Å²) < 4.78 is 7.71. The molecule has 1 amide bonds. The molecule has 2 aromatic carbocycles. The number of piperidine rings is 1. The van der Waals surface area contributed by atoms with Crippen LogP contribution in [0.4, 0.5) is 0 Å². The summed E-state index contributed by atoms with van der Waals surface area (Å²) in [6.07, 6.45) is 6.64. The number of imidazole rings is 1. The van der Waals surface area contributed by atoms with Gasteiger partial charge in [0.2, 0.25) is 0 Å². The van der Waals surface area contributed by atoms with Gasteiger partial charge in [-0.1, -0.05) is 30.3 Å². The Balaban J connectivity index is 1.34. The lowest BCUT2D eigenvalue weighted by Gasteiger charge is -2.34. The lowest BCUT2D eigenvalue weighted by molar-refractivity contribution is -0.151. The second-order valence-corrected chi connectivity index (χ2v) is 8.19. The first kappa shape index (κ1) is 18.9. The maximum Gasteiger partial charge on any atom is 0.329 e. The van der Waals surface area contributed by atoms with Crippen LogP contribution in [0.2, 0.25) is 0 Å². The summed E-state index contributed by atoms with van der Waals surface area (Å²) in [5.74, 6) is -0.433. The number of aromatic nitrogens is 2. The van der Waals surface area contributed by atoms with Crippen LogP contribution in [0.3, 0.4) is 0 Å². The third-order valence-corrected chi connectivity index (χ3v) is 6.02. The number of likely N-dealkylation sites (tertiary alicyclic amines) is 1. The van der Waals surface area contributed by atoms with Crippen LogP contribution in [-0.4, -0.2) is 38.9 Å². The fourth-order valence-electron chi connectivity index (χ4n) is 4.21. The lowest BCUT2D eigenvalue weighted by atomic mass is 10.0. The summed E-state index contributed by atoms with van der Waals surface area (Å²) in [4.78, 5) is 32.3. The Morgan fingerprint density at radius 1 is 1.03 bits per heavy atom. The summed E-state index contributed by atoms with van der Waals surface area (Å²) in [6.45, 7) is 0.800. The summed E-state index contributed by atoms with van der Waals surface area (Å²) in [5, 5.41) is 0. The molecule has 1 saturated carbocycles. The topological polar surface area (TPSA) is 64.4 Å². The van der Waals surface area contributed by atoms with Gasteiger partial charge in [0.15, 0.2) is 0 Å². The highest BCUT2D eigenvalue weighted by Gasteiger charge is 2.34. The van der Waals surface area contributed by atoms with Crippen LogP contribution in [0.1, 0.15) is 54.1 Å². The largest absolute Gasteiger partial charge is 0.459 e. The zero-order valence-electron chi connectivity index (χ0n) is 16.9. The number of rotatable bonds is 5. The third kappa shape index (κ3) is 3.70. The highest BCUT2D eigenvalue weighted by Crippen LogP contribution is 2.37. The molecule has 1 aliphatic carbocycles. The molecular formula is C24H25N3O3. The van der Waals surface area contributed by atoms with Crippen molar-refractivity contribution in [3.63, 3.8) is 0 Å². The molecule has 1 unspecified atom stereocenters. The van der Waals surface area contributed by atoms with Gasteiger partial charge < -0.3 is 14.2 Å². The van der Waals surface area contributed by atoms with Gasteiger partial charge in [0.1, 0.15) is 12.6 Å². The van der Waals surface area contributed by atoms with Crippen molar-refractivity contribution in [2.45, 2.75) is 50.8 Å². The lowest BCUT2D eigenvalue weighted by Crippen LogP contribution is -2.48. The molecule has 3 aromatic rings. The number of carbonyl (C=O) groups excluding carboxylic acids is 2. The normalized spacial score (nSPS) is 19.1. The van der Waals surface area contributed by atoms with Gasteiger partial charge in [-0.25, -0.2) is 9.78 Å². The molecular weight excluding hydrogens is 378 g/mol. The van der Waals surface area contributed by atoms with Gasteiger partial charge in [-0.3, -0.25) is 4.79 Å². The van der Waals surface area contributed by atoms with Gasteiger partial charge in [-0.15, -0.1) is 0 Å². The van der Waals surface area contributed by atoms with E-state index in [2.05, 4.69) is 9.55 Å². The quantitative estimate of drug-likeness (QED) is 0.602. The van der Waals surface area contributed by atoms with Crippen molar-refractivity contribution in [1.29, 1.82) is 0 Å². The number of ether oxygens (including phenoxy) is 1. The van der Waals surface area contributed by atoms with Crippen molar-refractivity contribution in [3.8, 4) is 0 Å². The molecule has 0 bridgehead atoms. The molecule has 2 aliphatic rings. The van der Waals surface area contributed by atoms with Gasteiger partial charge >= 0.3 is 5.97 Å². The Morgan fingerprint density at radius 2 is 1.87 bits per heavy atom. The number of fused-ring (bicyclic) bond motifs is 1. The van der Waals surface area contributed by atoms with Crippen LogP contribution in [0, 0.1) is 0 Å². The molecule has 6 heteroatoms. The summed E-state index contributed by atoms with van der Waals surface area (Å²) >= 11 is 0. The zero-order chi connectivity index (χ0) is 20.5. The van der Waals surface area contributed by atoms with Gasteiger partial charge in [-0.2, -0.15) is 0 Å². The van der Waals surface area contributed by atoms with E-state index in [0.29, 0.717) is 24.6 Å². The first-order chi connectivity index (χ1) is 14.7. The van der Waals surface area contributed by atoms with Crippen LogP contribution < -0.4 is 0 Å². The van der Waals surface area contributed by atoms with Gasteiger partial charge in [-0.05, 0) is 55.9 Å². The maximum absolute atomic E-state index is 13.3. The SMILES string of the molecule is O=C(OCc1ccccc1)C1CCCCN1C(=O)c1ccc2ncn(C3CC3)c2c1. The highest BCUT2D eigenvalue weighted by atomic mass is 16.5. The predicted octanol–water partition coefficient (Wildman–Crippen LogP) is 4.11. The van der Waals surface area contributed by atoms with Crippen molar-refractivity contribution in [1.82, 2.24) is 14.5 Å². The van der Waals surface area contributed by atoms with E-state index in [4.69, 9.17) is 4.74 Å². The van der Waals surface area contributed by atoms with Crippen molar-refractivity contribution in [2.24, 2.45) is 0 Å². The number of nitrogens with zero attached hydrogens (tertiary/aromatic N) is 3. The minimum absolute atomic E-state index is 0.109. The van der Waals surface area contributed by atoms with E-state index in [0.717, 1.165) is 42.3 Å². The minimum Gasteiger partial charge on any atom is -0.459 e. The first-order valence-electron chi connectivity index (χ1n) is 10.7. The monoisotopic (exact) mass is 403 g/mol. The zero-order valence-corrected chi connectivity index (χ0v) is 16.9. The van der Waals surface area contributed by atoms with Crippen LogP contribution in [0.15, 0.2) is 54.9 Å². The van der Waals surface area contributed by atoms with Crippen molar-refractivity contribution in [3.05, 3.63) is 66.0 Å². The molecule has 1 saturated heterocycles.